The van der Waals surface area contributed by atoms with Crippen molar-refractivity contribution in [1.82, 2.24) is 0 Å². The van der Waals surface area contributed by atoms with Gasteiger partial charge in [-0.1, -0.05) is 175 Å². The van der Waals surface area contributed by atoms with E-state index in [-0.39, 0.29) is 46.1 Å². The van der Waals surface area contributed by atoms with E-state index in [1.54, 1.807) is 0 Å². The van der Waals surface area contributed by atoms with Crippen LogP contribution in [0.4, 0.5) is 0 Å². The average molecular weight is 761 g/mol. The monoisotopic (exact) mass is 760 g/mol. The minimum Gasteiger partial charge on any atom is -0.460 e. The van der Waals surface area contributed by atoms with Gasteiger partial charge in [0, 0.05) is 12.8 Å². The van der Waals surface area contributed by atoms with Crippen molar-refractivity contribution in [3.63, 3.8) is 0 Å². The van der Waals surface area contributed by atoms with Crippen LogP contribution in [0.25, 0.3) is 0 Å². The highest BCUT2D eigenvalue weighted by molar-refractivity contribution is 7.00. The third-order valence-electron chi connectivity index (χ3n) is 11.2. The second kappa shape index (κ2) is 16.3. The van der Waals surface area contributed by atoms with Crippen LogP contribution in [0.15, 0.2) is 133 Å². The SMILES string of the molecule is C=C(C[C@@H]1C[C@H](CO[Si](c2ccccc2)(c2ccccc2)C(C)(C)C)OC1=O)C[C@H]1C[C@@H](CO[Si](c2ccccc2)(c2ccccc2)C(C)(C)C)OC1=O. The van der Waals surface area contributed by atoms with Gasteiger partial charge in [-0.25, -0.2) is 0 Å². The van der Waals surface area contributed by atoms with Crippen molar-refractivity contribution in [1.29, 1.82) is 0 Å². The van der Waals surface area contributed by atoms with Crippen LogP contribution >= 0.6 is 0 Å². The molecule has 4 aromatic rings. The van der Waals surface area contributed by atoms with E-state index in [2.05, 4.69) is 145 Å². The number of carbonyl (C=O) groups excluding carboxylic acids is 2. The van der Waals surface area contributed by atoms with Crippen LogP contribution in [0.5, 0.6) is 0 Å². The van der Waals surface area contributed by atoms with E-state index in [0.29, 0.717) is 38.9 Å². The molecular weight excluding hydrogens is 705 g/mol. The summed E-state index contributed by atoms with van der Waals surface area (Å²) in [7, 11) is -5.54. The molecule has 0 unspecified atom stereocenters. The summed E-state index contributed by atoms with van der Waals surface area (Å²) in [6, 6.07) is 42.0. The predicted octanol–water partition coefficient (Wildman–Crippen LogP) is 7.34. The maximum Gasteiger partial charge on any atom is 0.309 e. The molecule has 2 aliphatic rings. The van der Waals surface area contributed by atoms with Crippen molar-refractivity contribution < 1.29 is 27.9 Å². The third kappa shape index (κ3) is 8.13. The summed E-state index contributed by atoms with van der Waals surface area (Å²) in [6.07, 6.45) is 1.36. The van der Waals surface area contributed by atoms with E-state index in [1.165, 1.54) is 20.7 Å². The Balaban J connectivity index is 1.08. The maximum atomic E-state index is 13.2. The van der Waals surface area contributed by atoms with E-state index >= 15 is 0 Å². The Morgan fingerprint density at radius 2 is 0.833 bits per heavy atom. The van der Waals surface area contributed by atoms with Gasteiger partial charge >= 0.3 is 11.9 Å². The molecule has 4 atom stereocenters. The second-order valence-electron chi connectivity index (χ2n) is 17.1. The van der Waals surface area contributed by atoms with Crippen LogP contribution < -0.4 is 20.7 Å². The molecule has 0 aliphatic carbocycles. The van der Waals surface area contributed by atoms with Crippen LogP contribution in [0.2, 0.25) is 10.1 Å². The molecule has 0 aromatic heterocycles. The highest BCUT2D eigenvalue weighted by atomic mass is 28.4. The first-order valence-electron chi connectivity index (χ1n) is 19.3. The van der Waals surface area contributed by atoms with Gasteiger partial charge in [-0.15, -0.1) is 0 Å². The van der Waals surface area contributed by atoms with E-state index in [9.17, 15) is 9.59 Å². The first-order valence-corrected chi connectivity index (χ1v) is 23.1. The number of carbonyl (C=O) groups is 2. The summed E-state index contributed by atoms with van der Waals surface area (Å²) in [5.41, 5.74) is 0.862. The van der Waals surface area contributed by atoms with Crippen LogP contribution in [0, 0.1) is 11.8 Å². The van der Waals surface area contributed by atoms with Crippen LogP contribution in [0.3, 0.4) is 0 Å². The molecule has 0 amide bonds. The highest BCUT2D eigenvalue weighted by Crippen LogP contribution is 2.40. The molecule has 2 heterocycles. The molecule has 0 N–H and O–H groups in total. The summed E-state index contributed by atoms with van der Waals surface area (Å²) in [5, 5.41) is 4.41. The van der Waals surface area contributed by atoms with Gasteiger partial charge in [0.15, 0.2) is 0 Å². The minimum atomic E-state index is -2.77. The number of hydrogen-bond donors (Lipinski definition) is 0. The standard InChI is InChI=1S/C46H56O6Si2/c1-34(28-35-30-37(51-43(35)47)32-49-53(45(2,3)4,39-20-12-8-13-21-39)40-22-14-9-15-23-40)29-36-31-38(52-44(36)48)33-50-54(46(5,6)7,41-24-16-10-17-25-41)42-26-18-11-19-27-42/h8-27,35-38H,1,28-33H2,2-7H3/t35-,36+,37-,38+. The fraction of sp³-hybridized carbons (Fsp3) is 0.391. The van der Waals surface area contributed by atoms with Crippen LogP contribution in [-0.4, -0.2) is 54.0 Å². The molecule has 54 heavy (non-hydrogen) atoms. The van der Waals surface area contributed by atoms with E-state index in [1.807, 2.05) is 24.3 Å². The molecule has 8 heteroatoms. The average Bonchev–Trinajstić information content (AvgIpc) is 3.68. The minimum absolute atomic E-state index is 0.176. The molecule has 0 saturated carbocycles. The number of cyclic esters (lactones) is 2. The van der Waals surface area contributed by atoms with Crippen molar-refractivity contribution in [2.24, 2.45) is 11.8 Å². The summed E-state index contributed by atoms with van der Waals surface area (Å²) >= 11 is 0. The Morgan fingerprint density at radius 3 is 1.09 bits per heavy atom. The lowest BCUT2D eigenvalue weighted by molar-refractivity contribution is -0.145. The number of allylic oxidation sites excluding steroid dienone is 1. The number of hydrogen-bond acceptors (Lipinski definition) is 6. The zero-order valence-electron chi connectivity index (χ0n) is 32.8. The van der Waals surface area contributed by atoms with E-state index < -0.39 is 16.6 Å². The molecule has 0 spiro atoms. The summed E-state index contributed by atoms with van der Waals surface area (Å²) in [5.74, 6) is -1.09. The molecule has 284 valence electrons. The first-order chi connectivity index (χ1) is 25.7. The summed E-state index contributed by atoms with van der Waals surface area (Å²) in [4.78, 5) is 26.4. The molecule has 0 radical (unpaired) electrons. The Hall–Kier alpha value is -4.09. The van der Waals surface area contributed by atoms with Gasteiger partial charge in [-0.05, 0) is 43.7 Å². The Labute approximate surface area is 324 Å². The highest BCUT2D eigenvalue weighted by Gasteiger charge is 2.52. The number of benzene rings is 4. The van der Waals surface area contributed by atoms with Crippen molar-refractivity contribution in [2.45, 2.75) is 89.5 Å². The zero-order valence-corrected chi connectivity index (χ0v) is 34.8. The molecular formula is C46H56O6Si2. The molecule has 0 bridgehead atoms. The molecule has 6 nitrogen and oxygen atoms in total. The predicted molar refractivity (Wildman–Crippen MR) is 221 cm³/mol. The zero-order chi connectivity index (χ0) is 38.6. The maximum absolute atomic E-state index is 13.2. The van der Waals surface area contributed by atoms with Gasteiger partial charge in [-0.2, -0.15) is 0 Å². The van der Waals surface area contributed by atoms with Crippen LogP contribution in [-0.2, 0) is 27.9 Å². The van der Waals surface area contributed by atoms with Gasteiger partial charge in [-0.3, -0.25) is 9.59 Å². The van der Waals surface area contributed by atoms with Gasteiger partial charge in [0.2, 0.25) is 0 Å². The topological polar surface area (TPSA) is 71.1 Å². The fourth-order valence-electron chi connectivity index (χ4n) is 8.72. The largest absolute Gasteiger partial charge is 0.460 e. The van der Waals surface area contributed by atoms with E-state index in [4.69, 9.17) is 18.3 Å². The van der Waals surface area contributed by atoms with Gasteiger partial charge < -0.3 is 18.3 Å². The summed E-state index contributed by atoms with van der Waals surface area (Å²) in [6.45, 7) is 18.4. The molecule has 2 saturated heterocycles. The fourth-order valence-corrected chi connectivity index (χ4v) is 17.9. The van der Waals surface area contributed by atoms with Crippen molar-refractivity contribution in [3.8, 4) is 0 Å². The van der Waals surface area contributed by atoms with Crippen molar-refractivity contribution in [2.75, 3.05) is 13.2 Å². The molecule has 2 fully saturated rings. The first kappa shape index (κ1) is 39.6. The number of esters is 2. The quantitative estimate of drug-likeness (QED) is 0.0762. The summed E-state index contributed by atoms with van der Waals surface area (Å²) < 4.78 is 26.0. The van der Waals surface area contributed by atoms with Crippen molar-refractivity contribution >= 4 is 49.3 Å². The third-order valence-corrected chi connectivity index (χ3v) is 21.2. The van der Waals surface area contributed by atoms with Gasteiger partial charge in [0.25, 0.3) is 16.6 Å². The van der Waals surface area contributed by atoms with E-state index in [0.717, 1.165) is 5.57 Å². The van der Waals surface area contributed by atoms with Gasteiger partial charge in [0.05, 0.1) is 25.0 Å². The number of ether oxygens (including phenoxy) is 2. The molecule has 6 rings (SSSR count). The number of rotatable bonds is 14. The Kier molecular flexibility index (Phi) is 12.0. The Morgan fingerprint density at radius 1 is 0.556 bits per heavy atom. The molecule has 4 aromatic carbocycles. The molecule has 2 aliphatic heterocycles. The Bertz CT molecular complexity index is 1650. The van der Waals surface area contributed by atoms with Gasteiger partial charge in [0.1, 0.15) is 12.2 Å². The lowest BCUT2D eigenvalue weighted by Crippen LogP contribution is -2.67. The smallest absolute Gasteiger partial charge is 0.309 e. The lowest BCUT2D eigenvalue weighted by atomic mass is 9.90. The van der Waals surface area contributed by atoms with Crippen LogP contribution in [0.1, 0.15) is 67.2 Å². The van der Waals surface area contributed by atoms with Crippen molar-refractivity contribution in [3.05, 3.63) is 133 Å². The lowest BCUT2D eigenvalue weighted by Gasteiger charge is -2.43. The second-order valence-corrected chi connectivity index (χ2v) is 25.7. The normalized spacial score (nSPS) is 20.8.